The molecule has 14 heteroatoms. The molecule has 0 atom stereocenters. The third-order valence-corrected chi connectivity index (χ3v) is 5.00. The first kappa shape index (κ1) is 24.8. The number of carboxylic acid groups (broad SMARTS) is 1. The molecule has 0 spiro atoms. The van der Waals surface area contributed by atoms with Gasteiger partial charge in [-0.1, -0.05) is 12.1 Å². The molecule has 3 rings (SSSR count). The van der Waals surface area contributed by atoms with Crippen LogP contribution in [0.15, 0.2) is 76.0 Å². The minimum Gasteiger partial charge on any atom is -0.481 e. The molecule has 3 heterocycles. The summed E-state index contributed by atoms with van der Waals surface area (Å²) in [6.45, 7) is 0. The van der Waals surface area contributed by atoms with Crippen molar-refractivity contribution < 1.29 is 19.5 Å². The van der Waals surface area contributed by atoms with Gasteiger partial charge in [0, 0.05) is 17.3 Å². The van der Waals surface area contributed by atoms with Gasteiger partial charge in [-0.3, -0.25) is 24.4 Å². The van der Waals surface area contributed by atoms with E-state index in [1.807, 2.05) is 0 Å². The molecule has 0 unspecified atom stereocenters. The van der Waals surface area contributed by atoms with Gasteiger partial charge in [-0.2, -0.15) is 10.2 Å². The Morgan fingerprint density at radius 1 is 0.829 bits per heavy atom. The lowest BCUT2D eigenvalue weighted by Gasteiger charge is -2.08. The second kappa shape index (κ2) is 11.9. The summed E-state index contributed by atoms with van der Waals surface area (Å²) in [7, 11) is 0. The van der Waals surface area contributed by atoms with Crippen LogP contribution in [0.3, 0.4) is 0 Å². The van der Waals surface area contributed by atoms with E-state index in [1.54, 1.807) is 36.4 Å². The lowest BCUT2D eigenvalue weighted by Crippen LogP contribution is -2.27. The van der Waals surface area contributed by atoms with Crippen molar-refractivity contribution in [2.75, 3.05) is 5.75 Å². The van der Waals surface area contributed by atoms with E-state index in [0.717, 1.165) is 11.8 Å². The second-order valence-corrected chi connectivity index (χ2v) is 7.61. The van der Waals surface area contributed by atoms with E-state index in [9.17, 15) is 14.4 Å². The topological polar surface area (TPSA) is 211 Å². The maximum Gasteiger partial charge on any atom is 0.313 e. The number of amidine groups is 2. The van der Waals surface area contributed by atoms with Gasteiger partial charge in [0.25, 0.3) is 11.8 Å². The van der Waals surface area contributed by atoms with Crippen LogP contribution in [0.1, 0.15) is 32.4 Å². The Kier molecular flexibility index (Phi) is 8.39. The first-order chi connectivity index (χ1) is 16.8. The molecule has 0 radical (unpaired) electrons. The van der Waals surface area contributed by atoms with Crippen molar-refractivity contribution in [3.63, 3.8) is 0 Å². The highest BCUT2D eigenvalue weighted by molar-refractivity contribution is 8.00. The predicted octanol–water partition coefficient (Wildman–Crippen LogP) is 0.149. The number of nitrogens with one attached hydrogen (secondary N) is 2. The van der Waals surface area contributed by atoms with Crippen LogP contribution >= 0.6 is 11.8 Å². The number of aliphatic carboxylic acids is 1. The number of pyridine rings is 3. The maximum absolute atomic E-state index is 12.6. The van der Waals surface area contributed by atoms with E-state index < -0.39 is 17.8 Å². The largest absolute Gasteiger partial charge is 0.481 e. The summed E-state index contributed by atoms with van der Waals surface area (Å²) in [6, 6.07) is 12.6. The average Bonchev–Trinajstić information content (AvgIpc) is 2.89. The number of carboxylic acids is 1. The zero-order chi connectivity index (χ0) is 25.2. The van der Waals surface area contributed by atoms with E-state index in [2.05, 4.69) is 36.0 Å². The lowest BCUT2D eigenvalue weighted by molar-refractivity contribution is -0.133. The fourth-order valence-electron chi connectivity index (χ4n) is 2.45. The monoisotopic (exact) mass is 493 g/mol. The molecule has 0 saturated heterocycles. The van der Waals surface area contributed by atoms with E-state index in [-0.39, 0.29) is 28.8 Å². The normalized spacial score (nSPS) is 11.5. The van der Waals surface area contributed by atoms with Gasteiger partial charge in [0.1, 0.15) is 22.8 Å². The van der Waals surface area contributed by atoms with Gasteiger partial charge in [-0.15, -0.1) is 11.8 Å². The third-order valence-electron chi connectivity index (χ3n) is 4.04. The Labute approximate surface area is 202 Å². The maximum atomic E-state index is 12.6. The summed E-state index contributed by atoms with van der Waals surface area (Å²) in [5.74, 6) is -3.05. The van der Waals surface area contributed by atoms with Gasteiger partial charge in [0.2, 0.25) is 0 Å². The first-order valence-corrected chi connectivity index (χ1v) is 10.8. The SMILES string of the molecule is N/C(=N\NC(=O)c1cc(SCC(=O)O)cc(C(=O)N/N=C(\N)c2ccccn2)n1)c1ccccn1. The van der Waals surface area contributed by atoms with E-state index in [1.165, 1.54) is 24.5 Å². The molecule has 0 aliphatic heterocycles. The second-order valence-electron chi connectivity index (χ2n) is 6.56. The van der Waals surface area contributed by atoms with Crippen LogP contribution in [0.2, 0.25) is 0 Å². The number of hydrogen-bond acceptors (Lipinski definition) is 9. The summed E-state index contributed by atoms with van der Waals surface area (Å²) in [6.07, 6.45) is 3.02. The molecule has 0 bridgehead atoms. The zero-order valence-corrected chi connectivity index (χ0v) is 18.8. The number of carbonyl (C=O) groups is 3. The number of rotatable bonds is 9. The molecule has 7 N–H and O–H groups in total. The van der Waals surface area contributed by atoms with Crippen molar-refractivity contribution in [2.45, 2.75) is 4.90 Å². The number of nitrogens with zero attached hydrogens (tertiary/aromatic N) is 5. The van der Waals surface area contributed by atoms with Gasteiger partial charge in [0.05, 0.1) is 5.75 Å². The van der Waals surface area contributed by atoms with E-state index >= 15 is 0 Å². The molecule has 13 nitrogen and oxygen atoms in total. The Bertz CT molecular complexity index is 1200. The third kappa shape index (κ3) is 7.33. The van der Waals surface area contributed by atoms with Crippen LogP contribution in [0.4, 0.5) is 0 Å². The molecule has 3 aromatic heterocycles. The molecular formula is C21H19N9O4S. The zero-order valence-electron chi connectivity index (χ0n) is 18.0. The minimum absolute atomic E-state index is 0.0485. The van der Waals surface area contributed by atoms with Crippen LogP contribution in [0.5, 0.6) is 0 Å². The molecule has 0 aliphatic carbocycles. The highest BCUT2D eigenvalue weighted by Crippen LogP contribution is 2.20. The summed E-state index contributed by atoms with van der Waals surface area (Å²) in [5, 5.41) is 16.5. The number of thioether (sulfide) groups is 1. The molecule has 3 aromatic rings. The Hall–Kier alpha value is -4.85. The summed E-state index contributed by atoms with van der Waals surface area (Å²) in [4.78, 5) is 48.6. The van der Waals surface area contributed by atoms with Crippen molar-refractivity contribution in [1.29, 1.82) is 0 Å². The van der Waals surface area contributed by atoms with E-state index in [4.69, 9.17) is 16.6 Å². The Balaban J connectivity index is 1.82. The fraction of sp³-hybridized carbons (Fsp3) is 0.0476. The van der Waals surface area contributed by atoms with Crippen molar-refractivity contribution in [1.82, 2.24) is 25.8 Å². The molecule has 35 heavy (non-hydrogen) atoms. The highest BCUT2D eigenvalue weighted by atomic mass is 32.2. The summed E-state index contributed by atoms with van der Waals surface area (Å²) < 4.78 is 0. The van der Waals surface area contributed by atoms with Crippen LogP contribution < -0.4 is 22.3 Å². The Morgan fingerprint density at radius 3 is 1.71 bits per heavy atom. The molecule has 0 saturated carbocycles. The molecule has 0 aromatic carbocycles. The predicted molar refractivity (Wildman–Crippen MR) is 127 cm³/mol. The molecular weight excluding hydrogens is 474 g/mol. The smallest absolute Gasteiger partial charge is 0.313 e. The van der Waals surface area contributed by atoms with Crippen LogP contribution in [0.25, 0.3) is 0 Å². The number of aromatic nitrogens is 3. The number of hydrazone groups is 2. The number of carbonyl (C=O) groups excluding carboxylic acids is 2. The lowest BCUT2D eigenvalue weighted by atomic mass is 10.3. The quantitative estimate of drug-likeness (QED) is 0.118. The highest BCUT2D eigenvalue weighted by Gasteiger charge is 2.16. The standard InChI is InChI=1S/C21H19N9O4S/c22-18(13-5-1-3-7-24-13)27-29-20(33)15-9-12(35-11-17(31)32)10-16(26-15)21(34)30-28-19(23)14-6-2-4-8-25-14/h1-10H,11H2,(H2,22,27)(H2,23,28)(H,29,33)(H,30,34)(H,31,32). The van der Waals surface area contributed by atoms with Crippen LogP contribution in [0, 0.1) is 0 Å². The Morgan fingerprint density at radius 2 is 1.31 bits per heavy atom. The average molecular weight is 494 g/mol. The molecule has 178 valence electrons. The van der Waals surface area contributed by atoms with Crippen LogP contribution in [-0.2, 0) is 4.79 Å². The van der Waals surface area contributed by atoms with E-state index in [0.29, 0.717) is 16.3 Å². The number of nitrogens with two attached hydrogens (primary N) is 2. The van der Waals surface area contributed by atoms with Crippen LogP contribution in [-0.4, -0.2) is 55.3 Å². The van der Waals surface area contributed by atoms with Gasteiger partial charge in [0.15, 0.2) is 11.7 Å². The van der Waals surface area contributed by atoms with Gasteiger partial charge >= 0.3 is 5.97 Å². The summed E-state index contributed by atoms with van der Waals surface area (Å²) >= 11 is 0.894. The molecule has 2 amide bonds. The van der Waals surface area contributed by atoms with Gasteiger partial charge in [-0.25, -0.2) is 15.8 Å². The van der Waals surface area contributed by atoms with Crippen molar-refractivity contribution in [3.8, 4) is 0 Å². The van der Waals surface area contributed by atoms with Gasteiger partial charge < -0.3 is 16.6 Å². The summed E-state index contributed by atoms with van der Waals surface area (Å²) in [5.41, 5.74) is 16.4. The first-order valence-electron chi connectivity index (χ1n) is 9.80. The van der Waals surface area contributed by atoms with Gasteiger partial charge in [-0.05, 0) is 36.4 Å². The van der Waals surface area contributed by atoms with Crippen molar-refractivity contribution in [2.24, 2.45) is 21.7 Å². The minimum atomic E-state index is -1.08. The molecule has 0 fully saturated rings. The van der Waals surface area contributed by atoms with Crippen molar-refractivity contribution >= 4 is 41.2 Å². The fourth-order valence-corrected chi connectivity index (χ4v) is 3.13. The number of hydrogen-bond donors (Lipinski definition) is 5. The molecule has 0 aliphatic rings. The number of amides is 2. The van der Waals surface area contributed by atoms with Crippen molar-refractivity contribution in [3.05, 3.63) is 83.7 Å².